The van der Waals surface area contributed by atoms with Crippen molar-refractivity contribution in [1.82, 2.24) is 10.2 Å². The molecule has 25 heavy (non-hydrogen) atoms. The molecule has 5 nitrogen and oxygen atoms in total. The van der Waals surface area contributed by atoms with Crippen LogP contribution < -0.4 is 9.80 Å². The topological polar surface area (TPSA) is 49.3 Å². The number of rotatable bonds is 6. The zero-order chi connectivity index (χ0) is 17.8. The first-order valence-corrected chi connectivity index (χ1v) is 9.15. The van der Waals surface area contributed by atoms with Crippen LogP contribution in [0.15, 0.2) is 36.4 Å². The van der Waals surface area contributed by atoms with Gasteiger partial charge in [0.05, 0.1) is 0 Å². The van der Waals surface area contributed by atoms with Gasteiger partial charge in [-0.1, -0.05) is 32.0 Å². The maximum atomic E-state index is 13.0. The van der Waals surface area contributed by atoms with Crippen molar-refractivity contribution in [2.75, 3.05) is 22.9 Å². The Hall–Kier alpha value is -2.43. The Morgan fingerprint density at radius 3 is 2.48 bits per heavy atom. The number of fused-ring (bicyclic) bond motifs is 1. The van der Waals surface area contributed by atoms with Gasteiger partial charge in [-0.3, -0.25) is 4.79 Å². The number of hydrogen-bond acceptors (Lipinski definition) is 4. The zero-order valence-corrected chi connectivity index (χ0v) is 15.3. The summed E-state index contributed by atoms with van der Waals surface area (Å²) in [6, 6.07) is 11.9. The molecule has 1 aliphatic rings. The van der Waals surface area contributed by atoms with Crippen LogP contribution in [0.1, 0.15) is 49.7 Å². The molecule has 1 aliphatic heterocycles. The molecule has 0 aliphatic carbocycles. The largest absolute Gasteiger partial charge is 0.355 e. The second-order valence-electron chi connectivity index (χ2n) is 6.62. The first-order chi connectivity index (χ1) is 12.2. The van der Waals surface area contributed by atoms with Gasteiger partial charge in [-0.25, -0.2) is 0 Å². The predicted octanol–water partition coefficient (Wildman–Crippen LogP) is 3.69. The van der Waals surface area contributed by atoms with Crippen molar-refractivity contribution in [3.63, 3.8) is 0 Å². The molecule has 1 aromatic carbocycles. The summed E-state index contributed by atoms with van der Waals surface area (Å²) in [4.78, 5) is 17.0. The minimum atomic E-state index is -0.0750. The van der Waals surface area contributed by atoms with Crippen molar-refractivity contribution in [3.05, 3.63) is 47.7 Å². The Morgan fingerprint density at radius 1 is 1.12 bits per heavy atom. The van der Waals surface area contributed by atoms with Crippen molar-refractivity contribution in [3.8, 4) is 0 Å². The number of hydrogen-bond donors (Lipinski definition) is 0. The molecule has 2 aromatic rings. The molecule has 1 unspecified atom stereocenters. The number of carbonyl (C=O) groups is 1. The SMILES string of the molecule is CCCN(CCC)c1ccc(C(=O)N2c3ccccc3CC2C)nn1. The summed E-state index contributed by atoms with van der Waals surface area (Å²) in [7, 11) is 0. The van der Waals surface area contributed by atoms with Gasteiger partial charge in [0.25, 0.3) is 5.91 Å². The van der Waals surface area contributed by atoms with Crippen molar-refractivity contribution >= 4 is 17.4 Å². The highest BCUT2D eigenvalue weighted by Crippen LogP contribution is 2.32. The Kier molecular flexibility index (Phi) is 5.31. The number of carbonyl (C=O) groups excluding carboxylic acids is 1. The highest BCUT2D eigenvalue weighted by molar-refractivity contribution is 6.06. The summed E-state index contributed by atoms with van der Waals surface area (Å²) < 4.78 is 0. The van der Waals surface area contributed by atoms with E-state index in [1.165, 1.54) is 5.56 Å². The van der Waals surface area contributed by atoms with Gasteiger partial charge in [-0.05, 0) is 49.9 Å². The van der Waals surface area contributed by atoms with Crippen LogP contribution in [0.5, 0.6) is 0 Å². The van der Waals surface area contributed by atoms with Gasteiger partial charge in [0, 0.05) is 24.8 Å². The zero-order valence-electron chi connectivity index (χ0n) is 15.3. The molecule has 1 amide bonds. The highest BCUT2D eigenvalue weighted by atomic mass is 16.2. The van der Waals surface area contributed by atoms with Crippen molar-refractivity contribution < 1.29 is 4.79 Å². The number of anilines is 2. The van der Waals surface area contributed by atoms with Gasteiger partial charge in [-0.2, -0.15) is 0 Å². The van der Waals surface area contributed by atoms with Crippen molar-refractivity contribution in [2.24, 2.45) is 0 Å². The van der Waals surface area contributed by atoms with Crippen LogP contribution in [0.4, 0.5) is 11.5 Å². The minimum Gasteiger partial charge on any atom is -0.355 e. The van der Waals surface area contributed by atoms with Gasteiger partial charge in [-0.15, -0.1) is 10.2 Å². The lowest BCUT2D eigenvalue weighted by Crippen LogP contribution is -2.36. The van der Waals surface area contributed by atoms with Crippen LogP contribution in [-0.2, 0) is 6.42 Å². The fraction of sp³-hybridized carbons (Fsp3) is 0.450. The van der Waals surface area contributed by atoms with Gasteiger partial charge < -0.3 is 9.80 Å². The maximum Gasteiger partial charge on any atom is 0.279 e. The van der Waals surface area contributed by atoms with E-state index in [-0.39, 0.29) is 11.9 Å². The summed E-state index contributed by atoms with van der Waals surface area (Å²) in [6.45, 7) is 8.28. The van der Waals surface area contributed by atoms with Gasteiger partial charge in [0.15, 0.2) is 11.5 Å². The summed E-state index contributed by atoms with van der Waals surface area (Å²) in [5, 5.41) is 8.55. The van der Waals surface area contributed by atoms with Crippen molar-refractivity contribution in [2.45, 2.75) is 46.1 Å². The van der Waals surface area contributed by atoms with E-state index < -0.39 is 0 Å². The molecule has 0 spiro atoms. The third-order valence-electron chi connectivity index (χ3n) is 4.61. The van der Waals surface area contributed by atoms with Crippen LogP contribution in [0, 0.1) is 0 Å². The normalized spacial score (nSPS) is 16.0. The third-order valence-corrected chi connectivity index (χ3v) is 4.61. The fourth-order valence-corrected chi connectivity index (χ4v) is 3.49. The van der Waals surface area contributed by atoms with E-state index in [0.29, 0.717) is 5.69 Å². The Balaban J connectivity index is 1.81. The number of nitrogens with zero attached hydrogens (tertiary/aromatic N) is 4. The molecule has 1 aromatic heterocycles. The Labute approximate surface area is 149 Å². The van der Waals surface area contributed by atoms with E-state index in [1.807, 2.05) is 29.2 Å². The lowest BCUT2D eigenvalue weighted by Gasteiger charge is -2.23. The van der Waals surface area contributed by atoms with Crippen LogP contribution in [0.2, 0.25) is 0 Å². The molecule has 2 heterocycles. The monoisotopic (exact) mass is 338 g/mol. The van der Waals surface area contributed by atoms with Gasteiger partial charge in [0.2, 0.25) is 0 Å². The molecule has 3 rings (SSSR count). The molecule has 0 saturated carbocycles. The second-order valence-corrected chi connectivity index (χ2v) is 6.62. The lowest BCUT2D eigenvalue weighted by molar-refractivity contribution is 0.0975. The quantitative estimate of drug-likeness (QED) is 0.806. The van der Waals surface area contributed by atoms with E-state index in [0.717, 1.165) is 43.9 Å². The Morgan fingerprint density at radius 2 is 1.84 bits per heavy atom. The van der Waals surface area contributed by atoms with Crippen LogP contribution in [0.3, 0.4) is 0 Å². The van der Waals surface area contributed by atoms with E-state index >= 15 is 0 Å². The third kappa shape index (κ3) is 3.50. The number of amides is 1. The summed E-state index contributed by atoms with van der Waals surface area (Å²) in [5.41, 5.74) is 2.61. The predicted molar refractivity (Wildman–Crippen MR) is 101 cm³/mol. The average molecular weight is 338 g/mol. The lowest BCUT2D eigenvalue weighted by atomic mass is 10.1. The molecule has 5 heteroatoms. The average Bonchev–Trinajstić information content (AvgIpc) is 2.97. The number of aromatic nitrogens is 2. The summed E-state index contributed by atoms with van der Waals surface area (Å²) in [6.07, 6.45) is 3.00. The number of benzene rings is 1. The molecule has 0 N–H and O–H groups in total. The molecule has 0 fully saturated rings. The van der Waals surface area contributed by atoms with Gasteiger partial charge in [0.1, 0.15) is 0 Å². The highest BCUT2D eigenvalue weighted by Gasteiger charge is 2.32. The second kappa shape index (κ2) is 7.64. The van der Waals surface area contributed by atoms with E-state index in [1.54, 1.807) is 6.07 Å². The van der Waals surface area contributed by atoms with E-state index in [4.69, 9.17) is 0 Å². The first-order valence-electron chi connectivity index (χ1n) is 9.15. The molecular weight excluding hydrogens is 312 g/mol. The summed E-state index contributed by atoms with van der Waals surface area (Å²) in [5.74, 6) is 0.768. The molecule has 132 valence electrons. The smallest absolute Gasteiger partial charge is 0.279 e. The standard InChI is InChI=1S/C20H26N4O/c1-4-12-23(13-5-2)19-11-10-17(21-22-19)20(25)24-15(3)14-16-8-6-7-9-18(16)24/h6-11,15H,4-5,12-14H2,1-3H3. The molecule has 0 saturated heterocycles. The van der Waals surface area contributed by atoms with E-state index in [9.17, 15) is 4.79 Å². The minimum absolute atomic E-state index is 0.0750. The first kappa shape index (κ1) is 17.4. The molecule has 0 bridgehead atoms. The van der Waals surface area contributed by atoms with Crippen LogP contribution in [-0.4, -0.2) is 35.2 Å². The number of para-hydroxylation sites is 1. The van der Waals surface area contributed by atoms with Crippen LogP contribution >= 0.6 is 0 Å². The molecule has 0 radical (unpaired) electrons. The summed E-state index contributed by atoms with van der Waals surface area (Å²) >= 11 is 0. The fourth-order valence-electron chi connectivity index (χ4n) is 3.49. The maximum absolute atomic E-state index is 13.0. The molecule has 1 atom stereocenters. The van der Waals surface area contributed by atoms with Crippen molar-refractivity contribution in [1.29, 1.82) is 0 Å². The van der Waals surface area contributed by atoms with Crippen LogP contribution in [0.25, 0.3) is 0 Å². The molecular formula is C20H26N4O. The Bertz CT molecular complexity index is 723. The van der Waals surface area contributed by atoms with E-state index in [2.05, 4.69) is 41.9 Å². The van der Waals surface area contributed by atoms with Gasteiger partial charge >= 0.3 is 0 Å².